The Morgan fingerprint density at radius 2 is 1.79 bits per heavy atom. The number of carbonyl (C=O) groups excluding carboxylic acids is 2. The van der Waals surface area contributed by atoms with Crippen molar-refractivity contribution >= 4 is 11.6 Å². The van der Waals surface area contributed by atoms with Gasteiger partial charge in [0, 0.05) is 24.4 Å². The molecular weight excluding hydrogens is 352 g/mol. The van der Waals surface area contributed by atoms with Crippen LogP contribution in [0.5, 0.6) is 0 Å². The zero-order valence-electron chi connectivity index (χ0n) is 17.4. The molecule has 7 atom stereocenters. The maximum absolute atomic E-state index is 13.3. The number of ketones is 2. The SMILES string of the molecule is C[C@]12CCC(OC3CCCCO3)CC1=CC(=O)[C@@H]1[C@H]2CC[C@]2(C)C(=O)CC[C@@H]12. The second kappa shape index (κ2) is 6.77. The summed E-state index contributed by atoms with van der Waals surface area (Å²) in [6.07, 6.45) is 11.9. The fraction of sp³-hybridized carbons (Fsp3) is 0.833. The number of fused-ring (bicyclic) bond motifs is 5. The Morgan fingerprint density at radius 1 is 1.00 bits per heavy atom. The maximum Gasteiger partial charge on any atom is 0.159 e. The minimum Gasteiger partial charge on any atom is -0.353 e. The molecule has 1 saturated heterocycles. The predicted molar refractivity (Wildman–Crippen MR) is 106 cm³/mol. The second-order valence-electron chi connectivity index (χ2n) is 10.4. The van der Waals surface area contributed by atoms with Gasteiger partial charge in [0.1, 0.15) is 5.78 Å². The minimum absolute atomic E-state index is 0.0538. The van der Waals surface area contributed by atoms with E-state index in [-0.39, 0.29) is 40.8 Å². The van der Waals surface area contributed by atoms with Crippen LogP contribution in [0.4, 0.5) is 0 Å². The molecule has 1 aliphatic heterocycles. The van der Waals surface area contributed by atoms with E-state index in [1.54, 1.807) is 0 Å². The van der Waals surface area contributed by atoms with Crippen LogP contribution in [0.25, 0.3) is 0 Å². The summed E-state index contributed by atoms with van der Waals surface area (Å²) < 4.78 is 12.1. The molecule has 4 nitrogen and oxygen atoms in total. The first-order valence-electron chi connectivity index (χ1n) is 11.5. The van der Waals surface area contributed by atoms with Gasteiger partial charge in [0.05, 0.1) is 6.10 Å². The van der Waals surface area contributed by atoms with Crippen molar-refractivity contribution in [2.24, 2.45) is 28.6 Å². The lowest BCUT2D eigenvalue weighted by Crippen LogP contribution is -2.53. The largest absolute Gasteiger partial charge is 0.353 e. The van der Waals surface area contributed by atoms with Crippen molar-refractivity contribution < 1.29 is 19.1 Å². The molecular formula is C24H34O4. The third-order valence-electron chi connectivity index (χ3n) is 9.09. The molecule has 5 aliphatic rings. The summed E-state index contributed by atoms with van der Waals surface area (Å²) in [5, 5.41) is 0. The molecule has 5 rings (SSSR count). The molecule has 2 unspecified atom stereocenters. The fourth-order valence-corrected chi connectivity index (χ4v) is 7.29. The van der Waals surface area contributed by atoms with Gasteiger partial charge in [0.2, 0.25) is 0 Å². The number of rotatable bonds is 2. The highest BCUT2D eigenvalue weighted by atomic mass is 16.7. The van der Waals surface area contributed by atoms with E-state index in [2.05, 4.69) is 13.8 Å². The van der Waals surface area contributed by atoms with Crippen molar-refractivity contribution in [1.82, 2.24) is 0 Å². The molecule has 154 valence electrons. The van der Waals surface area contributed by atoms with Crippen LogP contribution in [-0.2, 0) is 19.1 Å². The minimum atomic E-state index is -0.253. The summed E-state index contributed by atoms with van der Waals surface area (Å²) in [5.74, 6) is 1.39. The second-order valence-corrected chi connectivity index (χ2v) is 10.4. The molecule has 4 fully saturated rings. The Morgan fingerprint density at radius 3 is 2.57 bits per heavy atom. The standard InChI is InChI=1S/C24H34O4/c1-23-10-8-16(28-21-5-3-4-12-27-21)13-15(23)14-19(25)22-17-6-7-20(26)24(17,2)11-9-18(22)23/h14,16-18,21-22H,3-13H2,1-2H3/t16?,17-,18+,21?,22-,23-,24-/m0/s1. The Balaban J connectivity index is 1.37. The number of ether oxygens (including phenoxy) is 2. The molecule has 28 heavy (non-hydrogen) atoms. The molecule has 4 aliphatic carbocycles. The highest BCUT2D eigenvalue weighted by Crippen LogP contribution is 2.63. The van der Waals surface area contributed by atoms with Gasteiger partial charge in [0.15, 0.2) is 12.1 Å². The lowest BCUT2D eigenvalue weighted by Gasteiger charge is -2.56. The van der Waals surface area contributed by atoms with Crippen molar-refractivity contribution in [2.75, 3.05) is 6.61 Å². The molecule has 0 N–H and O–H groups in total. The van der Waals surface area contributed by atoms with Crippen LogP contribution in [0, 0.1) is 28.6 Å². The maximum atomic E-state index is 13.3. The lowest BCUT2D eigenvalue weighted by atomic mass is 9.48. The monoisotopic (exact) mass is 386 g/mol. The van der Waals surface area contributed by atoms with Gasteiger partial charge in [-0.1, -0.05) is 19.4 Å². The van der Waals surface area contributed by atoms with E-state index in [4.69, 9.17) is 9.47 Å². The summed E-state index contributed by atoms with van der Waals surface area (Å²) in [5.41, 5.74) is 1.15. The quantitative estimate of drug-likeness (QED) is 0.695. The number of Topliss-reactive ketones (excluding diaryl/α,β-unsaturated/α-hetero) is 1. The zero-order chi connectivity index (χ0) is 19.5. The first kappa shape index (κ1) is 19.0. The number of allylic oxidation sites excluding steroid dienone is 1. The van der Waals surface area contributed by atoms with Gasteiger partial charge in [-0.2, -0.15) is 0 Å². The van der Waals surface area contributed by atoms with Crippen LogP contribution in [0.2, 0.25) is 0 Å². The van der Waals surface area contributed by atoms with Gasteiger partial charge in [-0.15, -0.1) is 0 Å². The third kappa shape index (κ3) is 2.78. The topological polar surface area (TPSA) is 52.6 Å². The smallest absolute Gasteiger partial charge is 0.159 e. The van der Waals surface area contributed by atoms with E-state index >= 15 is 0 Å². The number of carbonyl (C=O) groups is 2. The normalized spacial score (nSPS) is 48.5. The summed E-state index contributed by atoms with van der Waals surface area (Å²) in [7, 11) is 0. The summed E-state index contributed by atoms with van der Waals surface area (Å²) in [4.78, 5) is 25.8. The average molecular weight is 387 g/mol. The van der Waals surface area contributed by atoms with Gasteiger partial charge in [0.25, 0.3) is 0 Å². The van der Waals surface area contributed by atoms with Crippen molar-refractivity contribution in [1.29, 1.82) is 0 Å². The van der Waals surface area contributed by atoms with Crippen molar-refractivity contribution in [3.63, 3.8) is 0 Å². The summed E-state index contributed by atoms with van der Waals surface area (Å²) >= 11 is 0. The molecule has 0 bridgehead atoms. The van der Waals surface area contributed by atoms with E-state index in [1.807, 2.05) is 6.08 Å². The molecule has 1 heterocycles. The van der Waals surface area contributed by atoms with Crippen molar-refractivity contribution in [2.45, 2.75) is 90.4 Å². The van der Waals surface area contributed by atoms with E-state index < -0.39 is 0 Å². The van der Waals surface area contributed by atoms with Crippen molar-refractivity contribution in [3.05, 3.63) is 11.6 Å². The molecule has 0 amide bonds. The van der Waals surface area contributed by atoms with Gasteiger partial charge < -0.3 is 9.47 Å². The molecule has 4 heteroatoms. The van der Waals surface area contributed by atoms with E-state index in [1.165, 1.54) is 12.0 Å². The van der Waals surface area contributed by atoms with Crippen LogP contribution < -0.4 is 0 Å². The zero-order valence-corrected chi connectivity index (χ0v) is 17.4. The molecule has 0 aromatic carbocycles. The molecule has 0 radical (unpaired) electrons. The first-order valence-corrected chi connectivity index (χ1v) is 11.5. The Kier molecular flexibility index (Phi) is 4.59. The molecule has 0 spiro atoms. The van der Waals surface area contributed by atoms with Crippen molar-refractivity contribution in [3.8, 4) is 0 Å². The van der Waals surface area contributed by atoms with Gasteiger partial charge in [-0.3, -0.25) is 9.59 Å². The Labute approximate surface area is 168 Å². The molecule has 0 aromatic heterocycles. The van der Waals surface area contributed by atoms with E-state index in [0.717, 1.165) is 58.0 Å². The molecule has 0 aromatic rings. The van der Waals surface area contributed by atoms with Gasteiger partial charge in [-0.05, 0) is 81.1 Å². The third-order valence-corrected chi connectivity index (χ3v) is 9.09. The van der Waals surface area contributed by atoms with Crippen LogP contribution in [0.3, 0.4) is 0 Å². The average Bonchev–Trinajstić information content (AvgIpc) is 2.99. The number of hydrogen-bond donors (Lipinski definition) is 0. The molecule has 3 saturated carbocycles. The summed E-state index contributed by atoms with van der Waals surface area (Å²) in [6, 6.07) is 0. The van der Waals surface area contributed by atoms with Crippen LogP contribution in [0.15, 0.2) is 11.6 Å². The predicted octanol–water partition coefficient (Wildman–Crippen LogP) is 4.61. The highest BCUT2D eigenvalue weighted by Gasteiger charge is 2.61. The van der Waals surface area contributed by atoms with Gasteiger partial charge in [-0.25, -0.2) is 0 Å². The van der Waals surface area contributed by atoms with Crippen LogP contribution in [0.1, 0.15) is 78.1 Å². The van der Waals surface area contributed by atoms with Crippen LogP contribution >= 0.6 is 0 Å². The van der Waals surface area contributed by atoms with E-state index in [9.17, 15) is 9.59 Å². The lowest BCUT2D eigenvalue weighted by molar-refractivity contribution is -0.195. The fourth-order valence-electron chi connectivity index (χ4n) is 7.29. The van der Waals surface area contributed by atoms with E-state index in [0.29, 0.717) is 18.1 Å². The highest BCUT2D eigenvalue weighted by molar-refractivity contribution is 5.96. The Hall–Kier alpha value is -1.00. The first-order chi connectivity index (χ1) is 13.4. The van der Waals surface area contributed by atoms with Gasteiger partial charge >= 0.3 is 0 Å². The summed E-state index contributed by atoms with van der Waals surface area (Å²) in [6.45, 7) is 5.32. The van der Waals surface area contributed by atoms with Crippen LogP contribution in [-0.4, -0.2) is 30.6 Å². The number of hydrogen-bond acceptors (Lipinski definition) is 4. The Bertz CT molecular complexity index is 705.